The van der Waals surface area contributed by atoms with E-state index in [-0.39, 0.29) is 11.7 Å². The Kier molecular flexibility index (Phi) is 5.28. The van der Waals surface area contributed by atoms with E-state index < -0.39 is 16.1 Å². The van der Waals surface area contributed by atoms with Crippen LogP contribution in [-0.4, -0.2) is 43.5 Å². The van der Waals surface area contributed by atoms with Gasteiger partial charge in [0.2, 0.25) is 15.9 Å². The zero-order chi connectivity index (χ0) is 20.5. The largest absolute Gasteiger partial charge is 0.504 e. The molecule has 0 aliphatic carbocycles. The van der Waals surface area contributed by atoms with Crippen molar-refractivity contribution >= 4 is 27.3 Å². The normalized spacial score (nSPS) is 16.6. The first-order valence-corrected chi connectivity index (χ1v) is 10.4. The number of rotatable bonds is 5. The molecule has 0 saturated carbocycles. The molecule has 0 unspecified atom stereocenters. The van der Waals surface area contributed by atoms with Crippen molar-refractivity contribution in [1.82, 2.24) is 5.01 Å². The first kappa shape index (κ1) is 19.7. The van der Waals surface area contributed by atoms with Crippen molar-refractivity contribution in [2.45, 2.75) is 19.4 Å². The summed E-state index contributed by atoms with van der Waals surface area (Å²) in [5, 5.41) is 16.2. The molecule has 1 atom stereocenters. The van der Waals surface area contributed by atoms with E-state index >= 15 is 0 Å². The number of amides is 1. The number of anilines is 1. The minimum absolute atomic E-state index is 0.0228. The second-order valence-corrected chi connectivity index (χ2v) is 8.23. The van der Waals surface area contributed by atoms with Gasteiger partial charge in [-0.3, -0.25) is 9.52 Å². The number of phenolic OH excluding ortho intramolecular Hbond substituents is 1. The van der Waals surface area contributed by atoms with E-state index in [4.69, 9.17) is 4.74 Å². The molecule has 9 heteroatoms. The third-order valence-corrected chi connectivity index (χ3v) is 4.97. The Balaban J connectivity index is 1.91. The van der Waals surface area contributed by atoms with Gasteiger partial charge in [0.25, 0.3) is 0 Å². The standard InChI is InChI=1S/C19H21N3O5S/c1-12(23)22-17(15-5-4-6-18(27-2)19(15)24)11-16(20-22)13-7-9-14(10-8-13)21-28(3,25)26/h4-10,17,21,24H,11H2,1-3H3/t17-/m0/s1. The van der Waals surface area contributed by atoms with Crippen LogP contribution >= 0.6 is 0 Å². The number of hydrazone groups is 1. The van der Waals surface area contributed by atoms with Crippen LogP contribution in [0.25, 0.3) is 0 Å². The number of hydrogen-bond donors (Lipinski definition) is 2. The van der Waals surface area contributed by atoms with Crippen molar-refractivity contribution < 1.29 is 23.1 Å². The highest BCUT2D eigenvalue weighted by atomic mass is 32.2. The first-order valence-electron chi connectivity index (χ1n) is 8.51. The highest BCUT2D eigenvalue weighted by Gasteiger charge is 2.33. The van der Waals surface area contributed by atoms with Gasteiger partial charge < -0.3 is 9.84 Å². The number of nitrogens with zero attached hydrogens (tertiary/aromatic N) is 2. The van der Waals surface area contributed by atoms with Crippen LogP contribution in [0.3, 0.4) is 0 Å². The van der Waals surface area contributed by atoms with Crippen molar-refractivity contribution in [3.8, 4) is 11.5 Å². The Hall–Kier alpha value is -3.07. The predicted octanol–water partition coefficient (Wildman–Crippen LogP) is 2.47. The summed E-state index contributed by atoms with van der Waals surface area (Å²) in [6.07, 6.45) is 1.48. The SMILES string of the molecule is COc1cccc([C@@H]2CC(c3ccc(NS(C)(=O)=O)cc3)=NN2C(C)=O)c1O. The second kappa shape index (κ2) is 7.51. The van der Waals surface area contributed by atoms with E-state index in [1.807, 2.05) is 0 Å². The smallest absolute Gasteiger partial charge is 0.240 e. The summed E-state index contributed by atoms with van der Waals surface area (Å²) in [4.78, 5) is 12.1. The molecule has 0 saturated heterocycles. The number of methoxy groups -OCH3 is 1. The fraction of sp³-hybridized carbons (Fsp3) is 0.263. The molecule has 2 aromatic carbocycles. The lowest BCUT2D eigenvalue weighted by Crippen LogP contribution is -2.24. The van der Waals surface area contributed by atoms with Crippen LogP contribution in [0, 0.1) is 0 Å². The molecule has 148 valence electrons. The van der Waals surface area contributed by atoms with Gasteiger partial charge in [0.1, 0.15) is 0 Å². The molecule has 1 aliphatic rings. The topological polar surface area (TPSA) is 108 Å². The number of nitrogens with one attached hydrogen (secondary N) is 1. The lowest BCUT2D eigenvalue weighted by Gasteiger charge is -2.22. The summed E-state index contributed by atoms with van der Waals surface area (Å²) in [7, 11) is -1.90. The van der Waals surface area contributed by atoms with E-state index in [0.29, 0.717) is 29.1 Å². The molecule has 1 heterocycles. The fourth-order valence-corrected chi connectivity index (χ4v) is 3.70. The number of benzene rings is 2. The van der Waals surface area contributed by atoms with Gasteiger partial charge in [-0.1, -0.05) is 24.3 Å². The van der Waals surface area contributed by atoms with Crippen LogP contribution < -0.4 is 9.46 Å². The molecular weight excluding hydrogens is 382 g/mol. The lowest BCUT2D eigenvalue weighted by atomic mass is 9.97. The van der Waals surface area contributed by atoms with Crippen molar-refractivity contribution in [2.75, 3.05) is 18.1 Å². The molecule has 2 aromatic rings. The molecule has 1 amide bonds. The van der Waals surface area contributed by atoms with Crippen LogP contribution in [-0.2, 0) is 14.8 Å². The molecule has 0 spiro atoms. The number of phenols is 1. The number of sulfonamides is 1. The van der Waals surface area contributed by atoms with Gasteiger partial charge in [-0.15, -0.1) is 0 Å². The summed E-state index contributed by atoms with van der Waals surface area (Å²) in [6, 6.07) is 11.4. The number of para-hydroxylation sites is 1. The number of aromatic hydroxyl groups is 1. The van der Waals surface area contributed by atoms with E-state index in [1.165, 1.54) is 19.0 Å². The average molecular weight is 403 g/mol. The fourth-order valence-electron chi connectivity index (χ4n) is 3.13. The van der Waals surface area contributed by atoms with E-state index in [9.17, 15) is 18.3 Å². The number of ether oxygens (including phenoxy) is 1. The average Bonchev–Trinajstić information content (AvgIpc) is 3.06. The Morgan fingerprint density at radius 1 is 1.25 bits per heavy atom. The molecule has 0 aromatic heterocycles. The van der Waals surface area contributed by atoms with Crippen LogP contribution in [0.15, 0.2) is 47.6 Å². The number of hydrogen-bond acceptors (Lipinski definition) is 6. The monoisotopic (exact) mass is 403 g/mol. The summed E-state index contributed by atoms with van der Waals surface area (Å²) in [6.45, 7) is 1.41. The molecule has 28 heavy (non-hydrogen) atoms. The molecule has 0 fully saturated rings. The summed E-state index contributed by atoms with van der Waals surface area (Å²) >= 11 is 0. The minimum Gasteiger partial charge on any atom is -0.504 e. The molecule has 3 rings (SSSR count). The highest BCUT2D eigenvalue weighted by molar-refractivity contribution is 7.92. The third kappa shape index (κ3) is 4.09. The highest BCUT2D eigenvalue weighted by Crippen LogP contribution is 2.41. The maximum atomic E-state index is 12.1. The summed E-state index contributed by atoms with van der Waals surface area (Å²) in [5.74, 6) is 0.0497. The Bertz CT molecular complexity index is 1030. The first-order chi connectivity index (χ1) is 13.2. The van der Waals surface area contributed by atoms with E-state index in [0.717, 1.165) is 11.8 Å². The van der Waals surface area contributed by atoms with E-state index in [2.05, 4.69) is 9.82 Å². The van der Waals surface area contributed by atoms with Crippen LogP contribution in [0.1, 0.15) is 30.5 Å². The Morgan fingerprint density at radius 2 is 1.93 bits per heavy atom. The zero-order valence-corrected chi connectivity index (χ0v) is 16.5. The van der Waals surface area contributed by atoms with Crippen molar-refractivity contribution in [3.05, 3.63) is 53.6 Å². The minimum atomic E-state index is -3.36. The molecule has 0 radical (unpaired) electrons. The number of carbonyl (C=O) groups is 1. The molecule has 0 bridgehead atoms. The van der Waals surface area contributed by atoms with Gasteiger partial charge in [0.05, 0.1) is 25.1 Å². The maximum Gasteiger partial charge on any atom is 0.240 e. The van der Waals surface area contributed by atoms with Crippen molar-refractivity contribution in [2.24, 2.45) is 5.10 Å². The lowest BCUT2D eigenvalue weighted by molar-refractivity contribution is -0.130. The second-order valence-electron chi connectivity index (χ2n) is 6.48. The van der Waals surface area contributed by atoms with Gasteiger partial charge >= 0.3 is 0 Å². The number of carbonyl (C=O) groups excluding carboxylic acids is 1. The van der Waals surface area contributed by atoms with Gasteiger partial charge in [-0.25, -0.2) is 13.4 Å². The van der Waals surface area contributed by atoms with Gasteiger partial charge in [-0.05, 0) is 23.8 Å². The van der Waals surface area contributed by atoms with Crippen LogP contribution in [0.2, 0.25) is 0 Å². The molecule has 2 N–H and O–H groups in total. The van der Waals surface area contributed by atoms with Crippen LogP contribution in [0.4, 0.5) is 5.69 Å². The Labute approximate surface area is 163 Å². The quantitative estimate of drug-likeness (QED) is 0.797. The van der Waals surface area contributed by atoms with Gasteiger partial charge in [0, 0.05) is 24.6 Å². The van der Waals surface area contributed by atoms with E-state index in [1.54, 1.807) is 42.5 Å². The Morgan fingerprint density at radius 3 is 2.50 bits per heavy atom. The molecule has 1 aliphatic heterocycles. The van der Waals surface area contributed by atoms with Crippen molar-refractivity contribution in [3.63, 3.8) is 0 Å². The molecule has 8 nitrogen and oxygen atoms in total. The summed E-state index contributed by atoms with van der Waals surface area (Å²) in [5.41, 5.74) is 2.41. The summed E-state index contributed by atoms with van der Waals surface area (Å²) < 4.78 is 30.2. The molecular formula is C19H21N3O5S. The predicted molar refractivity (Wildman–Crippen MR) is 106 cm³/mol. The van der Waals surface area contributed by atoms with Crippen LogP contribution in [0.5, 0.6) is 11.5 Å². The van der Waals surface area contributed by atoms with Crippen molar-refractivity contribution in [1.29, 1.82) is 0 Å². The maximum absolute atomic E-state index is 12.1. The third-order valence-electron chi connectivity index (χ3n) is 4.36. The zero-order valence-electron chi connectivity index (χ0n) is 15.7. The van der Waals surface area contributed by atoms with Gasteiger partial charge in [-0.2, -0.15) is 5.10 Å². The van der Waals surface area contributed by atoms with Gasteiger partial charge in [0.15, 0.2) is 11.5 Å².